The Balaban J connectivity index is 1.13. The van der Waals surface area contributed by atoms with Gasteiger partial charge in [0.05, 0.1) is 11.1 Å². The second-order valence-electron chi connectivity index (χ2n) is 16.9. The molecule has 6 aromatic rings. The predicted molar refractivity (Wildman–Crippen MR) is 252 cm³/mol. The minimum absolute atomic E-state index is 0.114. The zero-order valence-corrected chi connectivity index (χ0v) is 34.2. The summed E-state index contributed by atoms with van der Waals surface area (Å²) in [6.07, 6.45) is 17.9. The third-order valence-corrected chi connectivity index (χ3v) is 13.6. The lowest BCUT2D eigenvalue weighted by atomic mass is 9.65. The van der Waals surface area contributed by atoms with Crippen LogP contribution in [0.5, 0.6) is 0 Å². The lowest BCUT2D eigenvalue weighted by molar-refractivity contribution is 0.660. The Morgan fingerprint density at radius 1 is 0.633 bits per heavy atom. The first-order valence-corrected chi connectivity index (χ1v) is 21.2. The minimum atomic E-state index is -0.454. The van der Waals surface area contributed by atoms with Crippen molar-refractivity contribution >= 4 is 22.5 Å². The molecule has 1 heteroatoms. The fourth-order valence-electron chi connectivity index (χ4n) is 11.0. The average molecular weight is 768 g/mol. The number of allylic oxidation sites excluding steroid dienone is 13. The Labute approximate surface area is 354 Å². The summed E-state index contributed by atoms with van der Waals surface area (Å²) in [4.78, 5) is 2.54. The maximum Gasteiger partial charge on any atom is 0.0700 e. The topological polar surface area (TPSA) is 3.24 Å². The van der Waals surface area contributed by atoms with Crippen LogP contribution in [0.15, 0.2) is 217 Å². The lowest BCUT2D eigenvalue weighted by Crippen LogP contribution is -2.30. The number of anilines is 2. The van der Waals surface area contributed by atoms with Crippen LogP contribution in [0, 0.1) is 11.8 Å². The molecule has 0 fully saturated rings. The summed E-state index contributed by atoms with van der Waals surface area (Å²) in [7, 11) is 0. The first-order chi connectivity index (χ1) is 29.5. The van der Waals surface area contributed by atoms with E-state index >= 15 is 0 Å². The van der Waals surface area contributed by atoms with Crippen LogP contribution in [0.25, 0.3) is 33.4 Å². The Morgan fingerprint density at radius 3 is 2.07 bits per heavy atom. The summed E-state index contributed by atoms with van der Waals surface area (Å²) < 4.78 is 0. The van der Waals surface area contributed by atoms with Gasteiger partial charge in [-0.05, 0) is 127 Å². The van der Waals surface area contributed by atoms with E-state index in [9.17, 15) is 0 Å². The molecule has 0 heterocycles. The van der Waals surface area contributed by atoms with Crippen LogP contribution >= 0.6 is 0 Å². The summed E-state index contributed by atoms with van der Waals surface area (Å²) in [5, 5.41) is 0. The van der Waals surface area contributed by atoms with Crippen LogP contribution in [0.4, 0.5) is 11.4 Å². The van der Waals surface area contributed by atoms with Crippen LogP contribution in [-0.2, 0) is 10.8 Å². The maximum absolute atomic E-state index is 4.10. The number of para-hydroxylation sites is 1. The van der Waals surface area contributed by atoms with Gasteiger partial charge in [0.15, 0.2) is 0 Å². The van der Waals surface area contributed by atoms with Gasteiger partial charge in [0, 0.05) is 28.8 Å². The van der Waals surface area contributed by atoms with Gasteiger partial charge in [0.1, 0.15) is 0 Å². The molecule has 0 N–H and O–H groups in total. The van der Waals surface area contributed by atoms with Crippen molar-refractivity contribution in [3.63, 3.8) is 0 Å². The second kappa shape index (κ2) is 14.0. The zero-order chi connectivity index (χ0) is 40.4. The third kappa shape index (κ3) is 5.20. The SMILES string of the molecule is C=C/C=C\C1=C(C2=CC=C(N(c3ccc4c(c3)C(C)(C)c3ccccc3-4)c3ccccc3-c3ccccc3)CC2)C2(C3=C(C=CC#CC3)c3ccccc32)c2ccccc21. The molecule has 5 aliphatic rings. The standard InChI is InChI=1S/C59H45N/c1-4-5-22-50-48-27-14-18-31-54(48)59(52-29-11-7-10-24-46(52)47-26-13-17-30-53(47)59)57(50)41-33-35-42(36-34-41)60(56-32-19-15-23-44(56)40-20-8-6-9-21-40)43-37-38-49-45-25-12-16-28-51(45)58(2,3)55(49)39-43/h4-6,8-10,12-28,30-33,35,37-39H,1,29,34,36H2,2-3H3/b22-5-. The maximum atomic E-state index is 4.10. The van der Waals surface area contributed by atoms with Gasteiger partial charge < -0.3 is 4.90 Å². The van der Waals surface area contributed by atoms with Crippen molar-refractivity contribution in [3.05, 3.63) is 251 Å². The molecule has 0 saturated heterocycles. The largest absolute Gasteiger partial charge is 0.314 e. The van der Waals surface area contributed by atoms with Gasteiger partial charge in [-0.15, -0.1) is 0 Å². The van der Waals surface area contributed by atoms with Crippen LogP contribution in [0.2, 0.25) is 0 Å². The molecule has 1 nitrogen and oxygen atoms in total. The van der Waals surface area contributed by atoms with Crippen molar-refractivity contribution in [2.45, 2.75) is 43.9 Å². The van der Waals surface area contributed by atoms with E-state index in [4.69, 9.17) is 0 Å². The molecule has 0 radical (unpaired) electrons. The molecule has 11 rings (SSSR count). The first kappa shape index (κ1) is 36.0. The van der Waals surface area contributed by atoms with Crippen LogP contribution in [-0.4, -0.2) is 0 Å². The van der Waals surface area contributed by atoms with E-state index in [2.05, 4.69) is 213 Å². The van der Waals surface area contributed by atoms with Gasteiger partial charge in [0.2, 0.25) is 0 Å². The minimum Gasteiger partial charge on any atom is -0.314 e. The van der Waals surface area contributed by atoms with Crippen molar-refractivity contribution in [1.29, 1.82) is 0 Å². The number of fused-ring (bicyclic) bond motifs is 9. The summed E-state index contributed by atoms with van der Waals surface area (Å²) in [6.45, 7) is 8.85. The molecule has 1 unspecified atom stereocenters. The van der Waals surface area contributed by atoms with Crippen LogP contribution in [0.1, 0.15) is 66.5 Å². The van der Waals surface area contributed by atoms with Crippen molar-refractivity contribution in [2.75, 3.05) is 4.90 Å². The molecule has 0 aromatic heterocycles. The summed E-state index contributed by atoms with van der Waals surface area (Å²) >= 11 is 0. The molecule has 5 aliphatic carbocycles. The highest BCUT2D eigenvalue weighted by Crippen LogP contribution is 2.64. The number of hydrogen-bond donors (Lipinski definition) is 0. The van der Waals surface area contributed by atoms with Gasteiger partial charge in [-0.25, -0.2) is 0 Å². The van der Waals surface area contributed by atoms with Gasteiger partial charge in [-0.1, -0.05) is 184 Å². The summed E-state index contributed by atoms with van der Waals surface area (Å²) in [5.41, 5.74) is 22.9. The van der Waals surface area contributed by atoms with E-state index in [1.54, 1.807) is 0 Å². The van der Waals surface area contributed by atoms with E-state index in [0.717, 1.165) is 12.8 Å². The number of nitrogens with zero attached hydrogens (tertiary/aromatic N) is 1. The van der Waals surface area contributed by atoms with Crippen LogP contribution < -0.4 is 4.90 Å². The number of rotatable bonds is 7. The fourth-order valence-corrected chi connectivity index (χ4v) is 11.0. The molecular weight excluding hydrogens is 723 g/mol. The third-order valence-electron chi connectivity index (χ3n) is 13.6. The monoisotopic (exact) mass is 767 g/mol. The van der Waals surface area contributed by atoms with Crippen LogP contribution in [0.3, 0.4) is 0 Å². The Hall–Kier alpha value is -7.14. The summed E-state index contributed by atoms with van der Waals surface area (Å²) in [6, 6.07) is 54.0. The van der Waals surface area contributed by atoms with Crippen molar-refractivity contribution in [3.8, 4) is 34.1 Å². The molecule has 60 heavy (non-hydrogen) atoms. The van der Waals surface area contributed by atoms with E-state index in [1.165, 1.54) is 101 Å². The smallest absolute Gasteiger partial charge is 0.0700 e. The Kier molecular flexibility index (Phi) is 8.40. The number of benzene rings is 6. The zero-order valence-electron chi connectivity index (χ0n) is 34.2. The molecule has 0 amide bonds. The second-order valence-corrected chi connectivity index (χ2v) is 16.9. The quantitative estimate of drug-likeness (QED) is 0.116. The highest BCUT2D eigenvalue weighted by atomic mass is 15.2. The Morgan fingerprint density at radius 2 is 1.30 bits per heavy atom. The highest BCUT2D eigenvalue weighted by Gasteiger charge is 2.54. The van der Waals surface area contributed by atoms with E-state index in [0.29, 0.717) is 6.42 Å². The normalized spacial score (nSPS) is 18.8. The molecule has 1 atom stereocenters. The van der Waals surface area contributed by atoms with Gasteiger partial charge in [-0.2, -0.15) is 0 Å². The van der Waals surface area contributed by atoms with Crippen molar-refractivity contribution in [2.24, 2.45) is 0 Å². The Bertz CT molecular complexity index is 3050. The van der Waals surface area contributed by atoms with E-state index < -0.39 is 5.41 Å². The van der Waals surface area contributed by atoms with Gasteiger partial charge in [0.25, 0.3) is 0 Å². The lowest BCUT2D eigenvalue weighted by Gasteiger charge is -2.37. The average Bonchev–Trinajstić information content (AvgIpc) is 3.71. The molecule has 0 bridgehead atoms. The number of hydrogen-bond acceptors (Lipinski definition) is 1. The molecule has 0 saturated carbocycles. The molecule has 1 spiro atoms. The van der Waals surface area contributed by atoms with Crippen molar-refractivity contribution in [1.82, 2.24) is 0 Å². The van der Waals surface area contributed by atoms with E-state index in [1.807, 2.05) is 12.2 Å². The molecule has 0 aliphatic heterocycles. The molecule has 6 aromatic carbocycles. The first-order valence-electron chi connectivity index (χ1n) is 21.2. The summed E-state index contributed by atoms with van der Waals surface area (Å²) in [5.74, 6) is 6.86. The molecule has 286 valence electrons. The van der Waals surface area contributed by atoms with Gasteiger partial charge in [-0.3, -0.25) is 0 Å². The fraction of sp³-hybridized carbons (Fsp3) is 0.119. The van der Waals surface area contributed by atoms with Crippen molar-refractivity contribution < 1.29 is 0 Å². The van der Waals surface area contributed by atoms with Gasteiger partial charge >= 0.3 is 0 Å². The molecular formula is C59H45N. The predicted octanol–water partition coefficient (Wildman–Crippen LogP) is 14.6. The van der Waals surface area contributed by atoms with E-state index in [-0.39, 0.29) is 5.41 Å². The highest BCUT2D eigenvalue weighted by molar-refractivity contribution is 6.00.